The van der Waals surface area contributed by atoms with E-state index in [1.54, 1.807) is 24.3 Å². The van der Waals surface area contributed by atoms with Crippen LogP contribution in [-0.2, 0) is 9.84 Å². The van der Waals surface area contributed by atoms with E-state index in [0.29, 0.717) is 17.9 Å². The molecule has 5 heteroatoms. The van der Waals surface area contributed by atoms with Crippen LogP contribution in [-0.4, -0.2) is 21.2 Å². The molecule has 1 aromatic rings. The topological polar surface area (TPSA) is 86.2 Å². The van der Waals surface area contributed by atoms with Gasteiger partial charge in [0.15, 0.2) is 9.84 Å². The van der Waals surface area contributed by atoms with E-state index in [4.69, 9.17) is 11.5 Å². The second-order valence-corrected chi connectivity index (χ2v) is 5.54. The molecule has 1 atom stereocenters. The average molecular weight is 228 g/mol. The van der Waals surface area contributed by atoms with Crippen molar-refractivity contribution in [3.8, 4) is 0 Å². The smallest absolute Gasteiger partial charge is 0.175 e. The van der Waals surface area contributed by atoms with Crippen LogP contribution in [0.5, 0.6) is 0 Å². The number of hydrogen-bond acceptors (Lipinski definition) is 4. The van der Waals surface area contributed by atoms with Gasteiger partial charge in [0.25, 0.3) is 0 Å². The van der Waals surface area contributed by atoms with Crippen LogP contribution in [0.1, 0.15) is 18.0 Å². The SMILES string of the molecule is CS(=O)(=O)c1ccc(C(N)CCN)cc1. The third-order valence-electron chi connectivity index (χ3n) is 2.21. The van der Waals surface area contributed by atoms with Gasteiger partial charge in [-0.15, -0.1) is 0 Å². The van der Waals surface area contributed by atoms with Crippen molar-refractivity contribution in [3.63, 3.8) is 0 Å². The van der Waals surface area contributed by atoms with Crippen LogP contribution in [0, 0.1) is 0 Å². The fourth-order valence-corrected chi connectivity index (χ4v) is 1.94. The number of hydrogen-bond donors (Lipinski definition) is 2. The van der Waals surface area contributed by atoms with E-state index in [-0.39, 0.29) is 6.04 Å². The minimum atomic E-state index is -3.12. The molecule has 0 aliphatic carbocycles. The maximum absolute atomic E-state index is 11.2. The predicted octanol–water partition coefficient (Wildman–Crippen LogP) is 0.439. The minimum absolute atomic E-state index is 0.122. The molecule has 0 spiro atoms. The molecule has 15 heavy (non-hydrogen) atoms. The molecule has 0 heterocycles. The quantitative estimate of drug-likeness (QED) is 0.783. The maximum Gasteiger partial charge on any atom is 0.175 e. The molecular formula is C10H16N2O2S. The van der Waals surface area contributed by atoms with Gasteiger partial charge < -0.3 is 11.5 Å². The zero-order valence-corrected chi connectivity index (χ0v) is 9.50. The Morgan fingerprint density at radius 3 is 2.20 bits per heavy atom. The summed E-state index contributed by atoms with van der Waals surface area (Å²) in [4.78, 5) is 0.311. The van der Waals surface area contributed by atoms with E-state index < -0.39 is 9.84 Å². The van der Waals surface area contributed by atoms with E-state index in [1.165, 1.54) is 6.26 Å². The first-order valence-corrected chi connectivity index (χ1v) is 6.60. The van der Waals surface area contributed by atoms with E-state index >= 15 is 0 Å². The van der Waals surface area contributed by atoms with Crippen LogP contribution in [0.25, 0.3) is 0 Å². The van der Waals surface area contributed by atoms with Crippen LogP contribution in [0.2, 0.25) is 0 Å². The van der Waals surface area contributed by atoms with Crippen LogP contribution >= 0.6 is 0 Å². The number of benzene rings is 1. The van der Waals surface area contributed by atoms with Gasteiger partial charge in [0, 0.05) is 12.3 Å². The van der Waals surface area contributed by atoms with Crippen LogP contribution < -0.4 is 11.5 Å². The lowest BCUT2D eigenvalue weighted by Crippen LogP contribution is -2.15. The average Bonchev–Trinajstić information content (AvgIpc) is 2.17. The molecule has 0 aliphatic heterocycles. The summed E-state index contributed by atoms with van der Waals surface area (Å²) < 4.78 is 22.4. The Bertz CT molecular complexity index is 412. The monoisotopic (exact) mass is 228 g/mol. The Kier molecular flexibility index (Phi) is 3.84. The van der Waals surface area contributed by atoms with Gasteiger partial charge >= 0.3 is 0 Å². The highest BCUT2D eigenvalue weighted by molar-refractivity contribution is 7.90. The van der Waals surface area contributed by atoms with Gasteiger partial charge in [-0.1, -0.05) is 12.1 Å². The largest absolute Gasteiger partial charge is 0.330 e. The first-order valence-electron chi connectivity index (χ1n) is 4.71. The van der Waals surface area contributed by atoms with Gasteiger partial charge in [0.05, 0.1) is 4.90 Å². The highest BCUT2D eigenvalue weighted by Crippen LogP contribution is 2.16. The fraction of sp³-hybridized carbons (Fsp3) is 0.400. The lowest BCUT2D eigenvalue weighted by molar-refractivity contribution is 0.601. The molecule has 1 aromatic carbocycles. The van der Waals surface area contributed by atoms with Crippen LogP contribution in [0.3, 0.4) is 0 Å². The van der Waals surface area contributed by atoms with Gasteiger partial charge in [0.2, 0.25) is 0 Å². The molecule has 4 N–H and O–H groups in total. The molecule has 0 amide bonds. The summed E-state index contributed by atoms with van der Waals surface area (Å²) in [6, 6.07) is 6.48. The Labute approximate surface area is 90.2 Å². The number of sulfone groups is 1. The Hall–Kier alpha value is -0.910. The third-order valence-corrected chi connectivity index (χ3v) is 3.34. The number of rotatable bonds is 4. The zero-order chi connectivity index (χ0) is 11.5. The molecule has 0 aliphatic rings. The van der Waals surface area contributed by atoms with E-state index in [0.717, 1.165) is 5.56 Å². The molecule has 0 aromatic heterocycles. The normalized spacial score (nSPS) is 13.8. The van der Waals surface area contributed by atoms with Crippen LogP contribution in [0.4, 0.5) is 0 Å². The van der Waals surface area contributed by atoms with Gasteiger partial charge in [0.1, 0.15) is 0 Å². The van der Waals surface area contributed by atoms with Crippen molar-refractivity contribution >= 4 is 9.84 Å². The highest BCUT2D eigenvalue weighted by atomic mass is 32.2. The van der Waals surface area contributed by atoms with Crippen molar-refractivity contribution in [2.24, 2.45) is 11.5 Å². The summed E-state index contributed by atoms with van der Waals surface area (Å²) in [6.07, 6.45) is 1.88. The van der Waals surface area contributed by atoms with E-state index in [1.807, 2.05) is 0 Å². The molecular weight excluding hydrogens is 212 g/mol. The molecule has 0 fully saturated rings. The van der Waals surface area contributed by atoms with Crippen molar-refractivity contribution in [1.82, 2.24) is 0 Å². The van der Waals surface area contributed by atoms with Crippen molar-refractivity contribution in [2.45, 2.75) is 17.4 Å². The van der Waals surface area contributed by atoms with E-state index in [2.05, 4.69) is 0 Å². The van der Waals surface area contributed by atoms with Gasteiger partial charge in [-0.25, -0.2) is 8.42 Å². The molecule has 4 nitrogen and oxygen atoms in total. The lowest BCUT2D eigenvalue weighted by atomic mass is 10.1. The molecule has 0 saturated carbocycles. The Morgan fingerprint density at radius 1 is 1.27 bits per heavy atom. The second kappa shape index (κ2) is 4.74. The van der Waals surface area contributed by atoms with Gasteiger partial charge in [-0.05, 0) is 30.7 Å². The maximum atomic E-state index is 11.2. The Balaban J connectivity index is 2.90. The first kappa shape index (κ1) is 12.2. The lowest BCUT2D eigenvalue weighted by Gasteiger charge is -2.10. The summed E-state index contributed by atoms with van der Waals surface area (Å²) >= 11 is 0. The third kappa shape index (κ3) is 3.30. The fourth-order valence-electron chi connectivity index (χ4n) is 1.31. The minimum Gasteiger partial charge on any atom is -0.330 e. The van der Waals surface area contributed by atoms with Gasteiger partial charge in [-0.3, -0.25) is 0 Å². The summed E-state index contributed by atoms with van der Waals surface area (Å²) in [7, 11) is -3.12. The van der Waals surface area contributed by atoms with Crippen molar-refractivity contribution < 1.29 is 8.42 Å². The standard InChI is InChI=1S/C10H16N2O2S/c1-15(13,14)9-4-2-8(3-5-9)10(12)6-7-11/h2-5,10H,6-7,11-12H2,1H3. The molecule has 0 bridgehead atoms. The van der Waals surface area contributed by atoms with Crippen LogP contribution in [0.15, 0.2) is 29.2 Å². The van der Waals surface area contributed by atoms with Crippen molar-refractivity contribution in [1.29, 1.82) is 0 Å². The molecule has 0 saturated heterocycles. The van der Waals surface area contributed by atoms with Crippen molar-refractivity contribution in [3.05, 3.63) is 29.8 Å². The summed E-state index contributed by atoms with van der Waals surface area (Å²) in [5, 5.41) is 0. The number of nitrogens with two attached hydrogens (primary N) is 2. The molecule has 1 unspecified atom stereocenters. The van der Waals surface area contributed by atoms with E-state index in [9.17, 15) is 8.42 Å². The summed E-state index contributed by atoms with van der Waals surface area (Å²) in [6.45, 7) is 0.523. The second-order valence-electron chi connectivity index (χ2n) is 3.53. The predicted molar refractivity (Wildman–Crippen MR) is 60.2 cm³/mol. The van der Waals surface area contributed by atoms with Gasteiger partial charge in [-0.2, -0.15) is 0 Å². The zero-order valence-electron chi connectivity index (χ0n) is 8.68. The molecule has 84 valence electrons. The Morgan fingerprint density at radius 2 is 1.80 bits per heavy atom. The summed E-state index contributed by atoms with van der Waals surface area (Å²) in [5.41, 5.74) is 12.1. The molecule has 1 rings (SSSR count). The highest BCUT2D eigenvalue weighted by Gasteiger charge is 2.08. The first-order chi connectivity index (χ1) is 6.95. The summed E-state index contributed by atoms with van der Waals surface area (Å²) in [5.74, 6) is 0. The molecule has 0 radical (unpaired) electrons. The van der Waals surface area contributed by atoms with Crippen molar-refractivity contribution in [2.75, 3.05) is 12.8 Å².